The first-order valence-electron chi connectivity index (χ1n) is 10.3. The Bertz CT molecular complexity index is 1190. The van der Waals surface area contributed by atoms with Crippen LogP contribution < -0.4 is 10.5 Å². The number of nitrogens with zero attached hydrogens (tertiary/aromatic N) is 4. The molecule has 3 atom stereocenters. The number of ether oxygens (including phenoxy) is 4. The molecule has 5 rings (SSSR count). The van der Waals surface area contributed by atoms with E-state index in [-0.39, 0.29) is 38.3 Å². The zero-order chi connectivity index (χ0) is 22.2. The molecule has 0 saturated carbocycles. The second-order valence-electron chi connectivity index (χ2n) is 7.55. The van der Waals surface area contributed by atoms with Gasteiger partial charge in [0.1, 0.15) is 13.2 Å². The summed E-state index contributed by atoms with van der Waals surface area (Å²) in [6.45, 7) is 2.35. The minimum atomic E-state index is -1.26. The summed E-state index contributed by atoms with van der Waals surface area (Å²) in [7, 11) is 0. The smallest absolute Gasteiger partial charge is 0.247 e. The van der Waals surface area contributed by atoms with E-state index in [9.17, 15) is 5.11 Å². The Balaban J connectivity index is 1.62. The van der Waals surface area contributed by atoms with Crippen LogP contribution in [0.2, 0.25) is 0 Å². The van der Waals surface area contributed by atoms with Gasteiger partial charge in [-0.2, -0.15) is 9.97 Å². The summed E-state index contributed by atoms with van der Waals surface area (Å²) in [5, 5.41) is 10.3. The van der Waals surface area contributed by atoms with E-state index in [2.05, 4.69) is 26.8 Å². The lowest BCUT2D eigenvalue weighted by Gasteiger charge is -2.36. The fraction of sp³-hybridized carbons (Fsp3) is 0.409. The average molecular weight is 437 g/mol. The van der Waals surface area contributed by atoms with Gasteiger partial charge >= 0.3 is 0 Å². The number of aromatic nitrogens is 4. The first kappa shape index (κ1) is 20.7. The van der Waals surface area contributed by atoms with Gasteiger partial charge in [-0.25, -0.2) is 4.98 Å². The molecule has 3 unspecified atom stereocenters. The van der Waals surface area contributed by atoms with Crippen LogP contribution in [0, 0.1) is 11.8 Å². The van der Waals surface area contributed by atoms with Crippen LogP contribution in [0.4, 0.5) is 5.95 Å². The van der Waals surface area contributed by atoms with Gasteiger partial charge in [0.25, 0.3) is 0 Å². The topological polar surface area (TPSA) is 127 Å². The first-order valence-corrected chi connectivity index (χ1v) is 10.3. The Labute approximate surface area is 184 Å². The molecule has 10 heteroatoms. The number of anilines is 1. The number of hydrogen-bond donors (Lipinski definition) is 2. The minimum absolute atomic E-state index is 0.0399. The third-order valence-corrected chi connectivity index (χ3v) is 5.63. The lowest BCUT2D eigenvalue weighted by molar-refractivity contribution is -0.176. The molecular formula is C22H23N5O5. The highest BCUT2D eigenvalue weighted by atomic mass is 16.6. The Morgan fingerprint density at radius 2 is 2.12 bits per heavy atom. The number of fused-ring (bicyclic) bond motifs is 3. The Hall–Kier alpha value is -3.23. The molecule has 4 heterocycles. The molecule has 1 aromatic carbocycles. The zero-order valence-corrected chi connectivity index (χ0v) is 17.5. The number of imidazole rings is 1. The van der Waals surface area contributed by atoms with Crippen LogP contribution >= 0.6 is 0 Å². The van der Waals surface area contributed by atoms with Gasteiger partial charge < -0.3 is 29.8 Å². The maximum atomic E-state index is 10.3. The summed E-state index contributed by atoms with van der Waals surface area (Å²) >= 11 is 0. The van der Waals surface area contributed by atoms with Crippen molar-refractivity contribution in [2.24, 2.45) is 0 Å². The molecule has 1 fully saturated rings. The second-order valence-corrected chi connectivity index (χ2v) is 7.55. The molecule has 0 amide bonds. The van der Waals surface area contributed by atoms with E-state index < -0.39 is 17.4 Å². The molecule has 2 aromatic heterocycles. The summed E-state index contributed by atoms with van der Waals surface area (Å²) in [5.41, 5.74) is 5.30. The van der Waals surface area contributed by atoms with Crippen molar-refractivity contribution in [1.82, 2.24) is 19.5 Å². The van der Waals surface area contributed by atoms with Crippen molar-refractivity contribution in [1.29, 1.82) is 0 Å². The predicted molar refractivity (Wildman–Crippen MR) is 113 cm³/mol. The van der Waals surface area contributed by atoms with Gasteiger partial charge in [0.15, 0.2) is 22.9 Å². The van der Waals surface area contributed by atoms with E-state index in [1.165, 1.54) is 0 Å². The molecule has 10 nitrogen and oxygen atoms in total. The van der Waals surface area contributed by atoms with Gasteiger partial charge in [0, 0.05) is 0 Å². The van der Waals surface area contributed by atoms with Crippen molar-refractivity contribution in [3.8, 4) is 17.7 Å². The van der Waals surface area contributed by atoms with Gasteiger partial charge in [-0.15, -0.1) is 0 Å². The predicted octanol–water partition coefficient (Wildman–Crippen LogP) is 0.840. The van der Waals surface area contributed by atoms with Gasteiger partial charge in [-0.3, -0.25) is 4.57 Å². The molecule has 2 bridgehead atoms. The molecule has 2 aliphatic rings. The number of hydrogen-bond acceptors (Lipinski definition) is 9. The van der Waals surface area contributed by atoms with Crippen molar-refractivity contribution < 1.29 is 24.1 Å². The molecule has 32 heavy (non-hydrogen) atoms. The molecule has 1 saturated heterocycles. The van der Waals surface area contributed by atoms with E-state index >= 15 is 0 Å². The van der Waals surface area contributed by atoms with E-state index in [4.69, 9.17) is 24.7 Å². The van der Waals surface area contributed by atoms with E-state index in [1.54, 1.807) is 10.9 Å². The zero-order valence-electron chi connectivity index (χ0n) is 17.5. The van der Waals surface area contributed by atoms with Crippen molar-refractivity contribution in [3.63, 3.8) is 0 Å². The highest BCUT2D eigenvalue weighted by molar-refractivity contribution is 5.78. The molecule has 2 aliphatic heterocycles. The maximum absolute atomic E-state index is 10.3. The van der Waals surface area contributed by atoms with Crippen molar-refractivity contribution in [2.45, 2.75) is 31.0 Å². The number of benzene rings is 1. The Kier molecular flexibility index (Phi) is 5.19. The molecule has 0 spiro atoms. The van der Waals surface area contributed by atoms with Crippen molar-refractivity contribution >= 4 is 17.1 Å². The van der Waals surface area contributed by atoms with Crippen LogP contribution in [0.1, 0.15) is 12.5 Å². The highest BCUT2D eigenvalue weighted by Gasteiger charge is 2.62. The monoisotopic (exact) mass is 437 g/mol. The van der Waals surface area contributed by atoms with Crippen LogP contribution in [0.5, 0.6) is 5.88 Å². The summed E-state index contributed by atoms with van der Waals surface area (Å²) in [4.78, 5) is 13.0. The van der Waals surface area contributed by atoms with Crippen LogP contribution in [-0.4, -0.2) is 62.8 Å². The normalized spacial score (nSPS) is 26.5. The number of nitrogens with two attached hydrogens (primary N) is 1. The third-order valence-electron chi connectivity index (χ3n) is 5.63. The van der Waals surface area contributed by atoms with Crippen LogP contribution in [0.3, 0.4) is 0 Å². The fourth-order valence-electron chi connectivity index (χ4n) is 4.17. The lowest BCUT2D eigenvalue weighted by Crippen LogP contribution is -2.54. The van der Waals surface area contributed by atoms with Crippen LogP contribution in [0.25, 0.3) is 11.2 Å². The molecule has 3 N–H and O–H groups in total. The van der Waals surface area contributed by atoms with E-state index in [0.29, 0.717) is 17.8 Å². The second kappa shape index (κ2) is 8.03. The van der Waals surface area contributed by atoms with Gasteiger partial charge in [0.05, 0.1) is 26.1 Å². The van der Waals surface area contributed by atoms with E-state index in [0.717, 1.165) is 5.56 Å². The molecular weight excluding hydrogens is 414 g/mol. The number of aliphatic hydroxyl groups is 1. The highest BCUT2D eigenvalue weighted by Crippen LogP contribution is 2.44. The fourth-order valence-corrected chi connectivity index (χ4v) is 4.17. The summed E-state index contributed by atoms with van der Waals surface area (Å²) in [6, 6.07) is 9.72. The van der Waals surface area contributed by atoms with E-state index in [1.807, 2.05) is 37.3 Å². The lowest BCUT2D eigenvalue weighted by atomic mass is 9.93. The molecule has 3 aromatic rings. The summed E-state index contributed by atoms with van der Waals surface area (Å²) in [5.74, 6) is 6.26. The largest absolute Gasteiger partial charge is 0.476 e. The van der Waals surface area contributed by atoms with Gasteiger partial charge in [-0.05, 0) is 12.5 Å². The standard InChI is InChI=1S/C22H23N5O5/c1-2-29-18-16-17(25-20(23)26-18)27(14-24-16)22-13-32-21(12-28,9-6-10-31-22)19(22)30-11-15-7-4-3-5-8-15/h3-5,7-8,14,19,28H,2,10-13H2,1H3,(H2,23,25,26). The Morgan fingerprint density at radius 3 is 2.91 bits per heavy atom. The summed E-state index contributed by atoms with van der Waals surface area (Å²) in [6.07, 6.45) is 0.793. The van der Waals surface area contributed by atoms with Crippen molar-refractivity contribution in [2.75, 3.05) is 32.2 Å². The minimum Gasteiger partial charge on any atom is -0.476 e. The van der Waals surface area contributed by atoms with Crippen LogP contribution in [0.15, 0.2) is 36.7 Å². The SMILES string of the molecule is CCOc1nc(N)nc2c1ncn2C12COC(CO)(C#CCO1)C2OCc1ccccc1. The third kappa shape index (κ3) is 3.18. The summed E-state index contributed by atoms with van der Waals surface area (Å²) < 4.78 is 26.0. The van der Waals surface area contributed by atoms with Gasteiger partial charge in [0.2, 0.25) is 17.6 Å². The van der Waals surface area contributed by atoms with Gasteiger partial charge in [-0.1, -0.05) is 42.2 Å². The van der Waals surface area contributed by atoms with Crippen molar-refractivity contribution in [3.05, 3.63) is 42.2 Å². The molecule has 0 radical (unpaired) electrons. The average Bonchev–Trinajstić information content (AvgIpc) is 3.30. The first-order chi connectivity index (χ1) is 15.6. The maximum Gasteiger partial charge on any atom is 0.247 e. The number of nitrogen functional groups attached to an aromatic ring is 1. The number of aliphatic hydroxyl groups excluding tert-OH is 1. The molecule has 0 aliphatic carbocycles. The number of rotatable bonds is 7. The van der Waals surface area contributed by atoms with Crippen LogP contribution in [-0.2, 0) is 26.5 Å². The quantitative estimate of drug-likeness (QED) is 0.517. The molecule has 166 valence electrons. The Morgan fingerprint density at radius 1 is 1.28 bits per heavy atom.